The maximum Gasteiger partial charge on any atom is 0.387 e. The molecule has 2 atom stereocenters. The second-order valence-corrected chi connectivity index (χ2v) is 7.05. The van der Waals surface area contributed by atoms with E-state index in [9.17, 15) is 13.9 Å². The summed E-state index contributed by atoms with van der Waals surface area (Å²) in [4.78, 5) is 6.68. The number of alkyl halides is 2. The maximum atomic E-state index is 12.3. The van der Waals surface area contributed by atoms with Gasteiger partial charge in [0.05, 0.1) is 12.8 Å². The first kappa shape index (κ1) is 25.2. The predicted molar refractivity (Wildman–Crippen MR) is 127 cm³/mol. The van der Waals surface area contributed by atoms with E-state index >= 15 is 0 Å². The van der Waals surface area contributed by atoms with Crippen molar-refractivity contribution in [2.45, 2.75) is 38.5 Å². The lowest BCUT2D eigenvalue weighted by molar-refractivity contribution is -0.0498. The fourth-order valence-corrected chi connectivity index (χ4v) is 3.43. The number of furan rings is 1. The van der Waals surface area contributed by atoms with Crippen LogP contribution in [-0.2, 0) is 0 Å². The van der Waals surface area contributed by atoms with Crippen LogP contribution < -0.4 is 20.3 Å². The van der Waals surface area contributed by atoms with E-state index in [1.807, 2.05) is 6.92 Å². The topological polar surface area (TPSA) is 82.3 Å². The number of piperidine rings is 1. The monoisotopic (exact) mass is 550 g/mol. The van der Waals surface area contributed by atoms with Gasteiger partial charge in [-0.2, -0.15) is 8.78 Å². The third-order valence-corrected chi connectivity index (χ3v) is 4.83. The number of aliphatic hydroxyl groups is 1. The Bertz CT molecular complexity index is 790. The van der Waals surface area contributed by atoms with Gasteiger partial charge in [0.25, 0.3) is 0 Å². The zero-order valence-electron chi connectivity index (χ0n) is 17.3. The first-order valence-electron chi connectivity index (χ1n) is 10.1. The van der Waals surface area contributed by atoms with Crippen LogP contribution in [-0.4, -0.2) is 49.9 Å². The molecule has 2 heterocycles. The number of benzene rings is 1. The molecule has 0 radical (unpaired) electrons. The highest BCUT2D eigenvalue weighted by atomic mass is 127. The molecule has 7 nitrogen and oxygen atoms in total. The highest BCUT2D eigenvalue weighted by Gasteiger charge is 2.21. The molecule has 1 saturated heterocycles. The molecular weight excluding hydrogens is 521 g/mol. The minimum absolute atomic E-state index is 0. The Balaban J connectivity index is 0.00000341. The number of guanidine groups is 1. The van der Waals surface area contributed by atoms with E-state index in [-0.39, 0.29) is 42.3 Å². The number of ether oxygens (including phenoxy) is 1. The summed E-state index contributed by atoms with van der Waals surface area (Å²) in [6.07, 6.45) is 2.69. The molecule has 1 aliphatic rings. The van der Waals surface area contributed by atoms with Crippen molar-refractivity contribution >= 4 is 35.6 Å². The molecule has 1 aromatic heterocycles. The van der Waals surface area contributed by atoms with Crippen molar-refractivity contribution in [1.29, 1.82) is 0 Å². The van der Waals surface area contributed by atoms with Gasteiger partial charge >= 0.3 is 6.61 Å². The van der Waals surface area contributed by atoms with Gasteiger partial charge in [0.2, 0.25) is 0 Å². The lowest BCUT2D eigenvalue weighted by Crippen LogP contribution is -2.51. The number of anilines is 1. The average molecular weight is 550 g/mol. The Morgan fingerprint density at radius 2 is 2.10 bits per heavy atom. The zero-order chi connectivity index (χ0) is 21.3. The third-order valence-electron chi connectivity index (χ3n) is 4.83. The Morgan fingerprint density at radius 3 is 2.74 bits per heavy atom. The van der Waals surface area contributed by atoms with Crippen molar-refractivity contribution in [3.63, 3.8) is 0 Å². The van der Waals surface area contributed by atoms with Crippen LogP contribution in [0.15, 0.2) is 52.1 Å². The smallest absolute Gasteiger partial charge is 0.387 e. The van der Waals surface area contributed by atoms with Gasteiger partial charge in [-0.15, -0.1) is 24.0 Å². The van der Waals surface area contributed by atoms with E-state index in [1.54, 1.807) is 36.4 Å². The number of aliphatic hydroxyl groups excluding tert-OH is 1. The fourth-order valence-electron chi connectivity index (χ4n) is 3.43. The highest BCUT2D eigenvalue weighted by molar-refractivity contribution is 14.0. The van der Waals surface area contributed by atoms with Crippen LogP contribution in [0.4, 0.5) is 14.5 Å². The number of hydrogen-bond acceptors (Lipinski definition) is 5. The third kappa shape index (κ3) is 7.84. The fraction of sp³-hybridized carbons (Fsp3) is 0.476. The quantitative estimate of drug-likeness (QED) is 0.264. The maximum absolute atomic E-state index is 12.3. The van der Waals surface area contributed by atoms with E-state index in [4.69, 9.17) is 4.42 Å². The Kier molecular flexibility index (Phi) is 10.3. The summed E-state index contributed by atoms with van der Waals surface area (Å²) in [7, 11) is 0. The Hall–Kier alpha value is -2.08. The molecule has 3 rings (SSSR count). The van der Waals surface area contributed by atoms with Crippen molar-refractivity contribution in [3.05, 3.63) is 48.4 Å². The second kappa shape index (κ2) is 12.7. The molecule has 0 amide bonds. The number of rotatable bonds is 8. The number of aliphatic imine (C=N–C) groups is 1. The standard InChI is InChI=1S/C21H28F2N4O3.HI/c1-2-24-21(25-13-18(28)19-6-4-12-29-19)26-15-5-3-11-27(14-15)16-7-9-17(10-8-16)30-20(22)23;/h4,6-10,12,15,18,20,28H,2-3,5,11,13-14H2,1H3,(H2,24,25,26);1H. The first-order valence-corrected chi connectivity index (χ1v) is 10.1. The molecule has 1 aromatic carbocycles. The van der Waals surface area contributed by atoms with E-state index in [2.05, 4.69) is 25.3 Å². The van der Waals surface area contributed by atoms with Crippen molar-refractivity contribution in [2.24, 2.45) is 4.99 Å². The summed E-state index contributed by atoms with van der Waals surface area (Å²) >= 11 is 0. The van der Waals surface area contributed by atoms with E-state index in [0.717, 1.165) is 31.6 Å². The first-order chi connectivity index (χ1) is 14.5. The second-order valence-electron chi connectivity index (χ2n) is 7.05. The van der Waals surface area contributed by atoms with Gasteiger partial charge in [0.15, 0.2) is 5.96 Å². The van der Waals surface area contributed by atoms with E-state index in [0.29, 0.717) is 18.3 Å². The number of hydrogen-bond donors (Lipinski definition) is 3. The van der Waals surface area contributed by atoms with Crippen LogP contribution in [0.2, 0.25) is 0 Å². The lowest BCUT2D eigenvalue weighted by atomic mass is 10.0. The van der Waals surface area contributed by atoms with Gasteiger partial charge in [0.1, 0.15) is 17.6 Å². The van der Waals surface area contributed by atoms with Gasteiger partial charge in [0, 0.05) is 31.4 Å². The van der Waals surface area contributed by atoms with Crippen molar-refractivity contribution < 1.29 is 23.0 Å². The lowest BCUT2D eigenvalue weighted by Gasteiger charge is -2.35. The summed E-state index contributed by atoms with van der Waals surface area (Å²) in [6, 6.07) is 10.3. The van der Waals surface area contributed by atoms with Crippen LogP contribution in [0, 0.1) is 0 Å². The zero-order valence-corrected chi connectivity index (χ0v) is 19.7. The molecule has 0 spiro atoms. The average Bonchev–Trinajstić information content (AvgIpc) is 3.27. The van der Waals surface area contributed by atoms with E-state index in [1.165, 1.54) is 6.26 Å². The van der Waals surface area contributed by atoms with Gasteiger partial charge < -0.3 is 29.8 Å². The molecule has 2 unspecified atom stereocenters. The molecule has 0 bridgehead atoms. The van der Waals surface area contributed by atoms with Gasteiger partial charge in [-0.1, -0.05) is 0 Å². The summed E-state index contributed by atoms with van der Waals surface area (Å²) < 4.78 is 34.3. The molecule has 3 N–H and O–H groups in total. The van der Waals surface area contributed by atoms with Crippen molar-refractivity contribution in [2.75, 3.05) is 31.1 Å². The number of nitrogens with one attached hydrogen (secondary N) is 2. The van der Waals surface area contributed by atoms with Crippen molar-refractivity contribution in [3.8, 4) is 5.75 Å². The minimum atomic E-state index is -2.82. The molecule has 1 aliphatic heterocycles. The molecule has 0 saturated carbocycles. The molecule has 0 aliphatic carbocycles. The molecule has 31 heavy (non-hydrogen) atoms. The van der Waals surface area contributed by atoms with Crippen LogP contribution in [0.5, 0.6) is 5.75 Å². The SMILES string of the molecule is CCNC(=NCC(O)c1ccco1)NC1CCCN(c2ccc(OC(F)F)cc2)C1.I. The molecule has 2 aromatic rings. The molecule has 10 heteroatoms. The minimum Gasteiger partial charge on any atom is -0.467 e. The number of halogens is 3. The predicted octanol–water partition coefficient (Wildman–Crippen LogP) is 3.76. The summed E-state index contributed by atoms with van der Waals surface area (Å²) in [6.45, 7) is 1.68. The highest BCUT2D eigenvalue weighted by Crippen LogP contribution is 2.24. The van der Waals surface area contributed by atoms with Crippen LogP contribution in [0.1, 0.15) is 31.6 Å². The summed E-state index contributed by atoms with van der Waals surface area (Å²) in [5.74, 6) is 1.27. The largest absolute Gasteiger partial charge is 0.467 e. The van der Waals surface area contributed by atoms with Gasteiger partial charge in [-0.05, 0) is 56.2 Å². The Morgan fingerprint density at radius 1 is 1.32 bits per heavy atom. The molecular formula is C21H29F2IN4O3. The van der Waals surface area contributed by atoms with E-state index < -0.39 is 12.7 Å². The normalized spacial score (nSPS) is 17.8. The van der Waals surface area contributed by atoms with Crippen LogP contribution in [0.25, 0.3) is 0 Å². The van der Waals surface area contributed by atoms with Crippen molar-refractivity contribution in [1.82, 2.24) is 10.6 Å². The van der Waals surface area contributed by atoms with Crippen LogP contribution >= 0.6 is 24.0 Å². The van der Waals surface area contributed by atoms with Gasteiger partial charge in [-0.25, -0.2) is 0 Å². The van der Waals surface area contributed by atoms with Crippen LogP contribution in [0.3, 0.4) is 0 Å². The number of nitrogens with zero attached hydrogens (tertiary/aromatic N) is 2. The summed E-state index contributed by atoms with van der Waals surface area (Å²) in [5.41, 5.74) is 0.957. The van der Waals surface area contributed by atoms with Gasteiger partial charge in [-0.3, -0.25) is 4.99 Å². The molecule has 1 fully saturated rings. The molecule has 172 valence electrons. The summed E-state index contributed by atoms with van der Waals surface area (Å²) in [5, 5.41) is 16.8. The Labute approximate surface area is 197 Å².